The highest BCUT2D eigenvalue weighted by Gasteiger charge is 2.24. The Bertz CT molecular complexity index is 530. The van der Waals surface area contributed by atoms with Crippen LogP contribution in [0.1, 0.15) is 38.6 Å². The fraction of sp³-hybridized carbons (Fsp3) is 0.778. The summed E-state index contributed by atoms with van der Waals surface area (Å²) in [7, 11) is 1.89. The first-order valence-electron chi connectivity index (χ1n) is 8.85. The molecule has 0 bridgehead atoms. The van der Waals surface area contributed by atoms with Gasteiger partial charge in [0.1, 0.15) is 0 Å². The topological polar surface area (TPSA) is 45.5 Å². The number of nitrogens with one attached hydrogen (secondary N) is 1. The van der Waals surface area contributed by atoms with E-state index in [0.29, 0.717) is 5.92 Å². The third-order valence-corrected chi connectivity index (χ3v) is 4.58. The number of piperidine rings is 1. The number of likely N-dealkylation sites (tertiary alicyclic amines) is 1. The molecule has 138 valence electrons. The maximum Gasteiger partial charge on any atom is 0.193 e. The van der Waals surface area contributed by atoms with Crippen LogP contribution in [0, 0.1) is 31.6 Å². The van der Waals surface area contributed by atoms with Gasteiger partial charge in [0, 0.05) is 38.9 Å². The molecular formula is C18H34IN5. The van der Waals surface area contributed by atoms with Gasteiger partial charge in [-0.25, -0.2) is 0 Å². The summed E-state index contributed by atoms with van der Waals surface area (Å²) in [6.07, 6.45) is 1.32. The van der Waals surface area contributed by atoms with Gasteiger partial charge in [-0.1, -0.05) is 20.8 Å². The minimum absolute atomic E-state index is 0. The normalized spacial score (nSPS) is 22.9. The largest absolute Gasteiger partial charge is 0.356 e. The van der Waals surface area contributed by atoms with Crippen LogP contribution in [0.3, 0.4) is 0 Å². The number of aliphatic imine (C=N–C) groups is 1. The van der Waals surface area contributed by atoms with Crippen LogP contribution in [0.2, 0.25) is 0 Å². The van der Waals surface area contributed by atoms with E-state index in [1.165, 1.54) is 12.1 Å². The molecule has 3 unspecified atom stereocenters. The van der Waals surface area contributed by atoms with Crippen molar-refractivity contribution < 1.29 is 0 Å². The second kappa shape index (κ2) is 9.63. The Labute approximate surface area is 164 Å². The lowest BCUT2D eigenvalue weighted by Gasteiger charge is -2.37. The Balaban J connectivity index is 0.00000288. The Morgan fingerprint density at radius 3 is 2.46 bits per heavy atom. The van der Waals surface area contributed by atoms with Crippen molar-refractivity contribution in [2.24, 2.45) is 22.7 Å². The Kier molecular flexibility index (Phi) is 8.53. The smallest absolute Gasteiger partial charge is 0.193 e. The summed E-state index contributed by atoms with van der Waals surface area (Å²) in [4.78, 5) is 6.90. The monoisotopic (exact) mass is 447 g/mol. The minimum atomic E-state index is 0. The summed E-state index contributed by atoms with van der Waals surface area (Å²) in [6.45, 7) is 15.2. The van der Waals surface area contributed by atoms with E-state index in [9.17, 15) is 0 Å². The summed E-state index contributed by atoms with van der Waals surface area (Å²) in [5, 5.41) is 8.12. The van der Waals surface area contributed by atoms with Gasteiger partial charge < -0.3 is 10.2 Å². The number of guanidine groups is 1. The molecule has 1 fully saturated rings. The molecule has 2 rings (SSSR count). The van der Waals surface area contributed by atoms with Gasteiger partial charge in [0.05, 0.1) is 5.69 Å². The van der Waals surface area contributed by atoms with Crippen molar-refractivity contribution >= 4 is 29.9 Å². The lowest BCUT2D eigenvalue weighted by molar-refractivity contribution is 0.207. The van der Waals surface area contributed by atoms with Crippen LogP contribution in [0.5, 0.6) is 0 Å². The van der Waals surface area contributed by atoms with Crippen molar-refractivity contribution in [1.82, 2.24) is 20.0 Å². The van der Waals surface area contributed by atoms with Gasteiger partial charge >= 0.3 is 0 Å². The highest BCUT2D eigenvalue weighted by molar-refractivity contribution is 14.0. The molecule has 0 spiro atoms. The summed E-state index contributed by atoms with van der Waals surface area (Å²) < 4.78 is 2.11. The first-order valence-corrected chi connectivity index (χ1v) is 8.85. The van der Waals surface area contributed by atoms with E-state index in [-0.39, 0.29) is 24.0 Å². The van der Waals surface area contributed by atoms with Crippen molar-refractivity contribution in [1.29, 1.82) is 0 Å². The second-order valence-corrected chi connectivity index (χ2v) is 7.49. The van der Waals surface area contributed by atoms with Crippen molar-refractivity contribution in [3.8, 4) is 0 Å². The standard InChI is InChI=1S/C18H33N5.HI/c1-13-7-14(2)11-22(10-13)18(19-6)20-9-15(3)12-23-17(5)8-16(4)21-23;/h8,13-15H,7,9-12H2,1-6H3,(H,19,20);1H. The van der Waals surface area contributed by atoms with Crippen molar-refractivity contribution in [2.45, 2.75) is 47.6 Å². The molecule has 1 aliphatic heterocycles. The summed E-state index contributed by atoms with van der Waals surface area (Å²) in [5.41, 5.74) is 2.33. The average Bonchev–Trinajstić information content (AvgIpc) is 2.76. The molecule has 24 heavy (non-hydrogen) atoms. The van der Waals surface area contributed by atoms with Gasteiger partial charge in [-0.15, -0.1) is 24.0 Å². The molecule has 5 nitrogen and oxygen atoms in total. The van der Waals surface area contributed by atoms with E-state index < -0.39 is 0 Å². The molecule has 0 radical (unpaired) electrons. The number of aromatic nitrogens is 2. The molecular weight excluding hydrogens is 413 g/mol. The summed E-state index contributed by atoms with van der Waals surface area (Å²) in [5.74, 6) is 3.03. The predicted octanol–water partition coefficient (Wildman–Crippen LogP) is 3.31. The van der Waals surface area contributed by atoms with E-state index in [2.05, 4.69) is 58.8 Å². The first kappa shape index (κ1) is 21.3. The summed E-state index contributed by atoms with van der Waals surface area (Å²) >= 11 is 0. The van der Waals surface area contributed by atoms with Gasteiger partial charge in [-0.3, -0.25) is 9.67 Å². The molecule has 3 atom stereocenters. The van der Waals surface area contributed by atoms with Crippen LogP contribution in [0.25, 0.3) is 0 Å². The van der Waals surface area contributed by atoms with Gasteiger partial charge in [0.2, 0.25) is 0 Å². The fourth-order valence-corrected chi connectivity index (χ4v) is 3.65. The number of hydrogen-bond donors (Lipinski definition) is 1. The van der Waals surface area contributed by atoms with Gasteiger partial charge in [0.15, 0.2) is 5.96 Å². The van der Waals surface area contributed by atoms with Crippen molar-refractivity contribution in [3.05, 3.63) is 17.5 Å². The quantitative estimate of drug-likeness (QED) is 0.438. The highest BCUT2D eigenvalue weighted by atomic mass is 127. The molecule has 1 aliphatic rings. The van der Waals surface area contributed by atoms with E-state index in [0.717, 1.165) is 49.7 Å². The van der Waals surface area contributed by atoms with E-state index in [1.54, 1.807) is 0 Å². The zero-order chi connectivity index (χ0) is 17.0. The predicted molar refractivity (Wildman–Crippen MR) is 112 cm³/mol. The van der Waals surface area contributed by atoms with Crippen LogP contribution < -0.4 is 5.32 Å². The fourth-order valence-electron chi connectivity index (χ4n) is 3.65. The molecule has 0 amide bonds. The molecule has 1 aromatic rings. The molecule has 1 N–H and O–H groups in total. The third kappa shape index (κ3) is 5.93. The van der Waals surface area contributed by atoms with Crippen LogP contribution >= 0.6 is 24.0 Å². The number of aryl methyl sites for hydroxylation is 2. The maximum atomic E-state index is 4.56. The number of rotatable bonds is 4. The zero-order valence-electron chi connectivity index (χ0n) is 16.0. The summed E-state index contributed by atoms with van der Waals surface area (Å²) in [6, 6.07) is 2.13. The Morgan fingerprint density at radius 1 is 1.33 bits per heavy atom. The number of nitrogens with zero attached hydrogens (tertiary/aromatic N) is 4. The number of halogens is 1. The first-order chi connectivity index (χ1) is 10.9. The molecule has 0 aromatic carbocycles. The molecule has 0 saturated carbocycles. The zero-order valence-corrected chi connectivity index (χ0v) is 18.4. The Morgan fingerprint density at radius 2 is 1.96 bits per heavy atom. The van der Waals surface area contributed by atoms with Crippen LogP contribution in [0.15, 0.2) is 11.1 Å². The lowest BCUT2D eigenvalue weighted by Crippen LogP contribution is -2.49. The number of hydrogen-bond acceptors (Lipinski definition) is 2. The Hall–Kier alpha value is -0.790. The van der Waals surface area contributed by atoms with Gasteiger partial charge in [-0.2, -0.15) is 5.10 Å². The van der Waals surface area contributed by atoms with Crippen molar-refractivity contribution in [2.75, 3.05) is 26.7 Å². The highest BCUT2D eigenvalue weighted by Crippen LogP contribution is 2.20. The molecule has 2 heterocycles. The molecule has 0 aliphatic carbocycles. The van der Waals surface area contributed by atoms with Gasteiger partial charge in [-0.05, 0) is 44.1 Å². The second-order valence-electron chi connectivity index (χ2n) is 7.49. The third-order valence-electron chi connectivity index (χ3n) is 4.58. The SMILES string of the molecule is CN=C(NCC(C)Cn1nc(C)cc1C)N1CC(C)CC(C)C1.I. The van der Waals surface area contributed by atoms with Crippen LogP contribution in [0.4, 0.5) is 0 Å². The van der Waals surface area contributed by atoms with Gasteiger partial charge in [0.25, 0.3) is 0 Å². The maximum absolute atomic E-state index is 4.56. The molecule has 1 saturated heterocycles. The average molecular weight is 447 g/mol. The van der Waals surface area contributed by atoms with E-state index in [1.807, 2.05) is 14.0 Å². The minimum Gasteiger partial charge on any atom is -0.356 e. The van der Waals surface area contributed by atoms with Crippen LogP contribution in [-0.4, -0.2) is 47.3 Å². The lowest BCUT2D eigenvalue weighted by atomic mass is 9.92. The van der Waals surface area contributed by atoms with E-state index >= 15 is 0 Å². The molecule has 6 heteroatoms. The van der Waals surface area contributed by atoms with E-state index in [4.69, 9.17) is 0 Å². The molecule has 1 aromatic heterocycles. The van der Waals surface area contributed by atoms with Crippen LogP contribution in [-0.2, 0) is 6.54 Å². The van der Waals surface area contributed by atoms with Crippen molar-refractivity contribution in [3.63, 3.8) is 0 Å².